The molecule has 4 bridgehead atoms. The van der Waals surface area contributed by atoms with Crippen LogP contribution >= 0.6 is 11.6 Å². The topological polar surface area (TPSA) is 245 Å². The number of benzene rings is 1. The number of nitrogens with one attached hydrogen (secondary N) is 2. The minimum Gasteiger partial charge on any atom is -0.495 e. The number of fused-ring (bicyclic) bond motifs is 5. The van der Waals surface area contributed by atoms with Crippen molar-refractivity contribution >= 4 is 53.0 Å². The number of alkyl carbamates (subject to hydrolysis) is 1. The van der Waals surface area contributed by atoms with Gasteiger partial charge in [0.25, 0.3) is 0 Å². The molecule has 1 aromatic carbocycles. The molecule has 0 aliphatic carbocycles. The van der Waals surface area contributed by atoms with Gasteiger partial charge in [-0.05, 0) is 70.8 Å². The van der Waals surface area contributed by atoms with Crippen LogP contribution in [0.2, 0.25) is 5.02 Å². The zero-order chi connectivity index (χ0) is 50.6. The number of methoxy groups -OCH3 is 2. The van der Waals surface area contributed by atoms with Crippen molar-refractivity contribution in [1.29, 1.82) is 0 Å². The van der Waals surface area contributed by atoms with Crippen molar-refractivity contribution in [3.8, 4) is 5.75 Å². The first-order valence-corrected chi connectivity index (χ1v) is 23.8. The molecule has 3 fully saturated rings. The molecule has 2 unspecified atom stereocenters. The number of carbonyl (C=O) groups is 6. The number of allylic oxidation sites excluding steroid dienone is 3. The lowest BCUT2D eigenvalue weighted by Gasteiger charge is -2.42. The summed E-state index contributed by atoms with van der Waals surface area (Å²) in [4.78, 5) is 83.9. The number of aliphatic carboxylic acids is 1. The molecule has 69 heavy (non-hydrogen) atoms. The van der Waals surface area contributed by atoms with Gasteiger partial charge in [-0.25, -0.2) is 9.59 Å². The normalized spacial score (nSPS) is 27.0. The maximum Gasteiger partial charge on any atom is 0.409 e. The largest absolute Gasteiger partial charge is 0.495 e. The van der Waals surface area contributed by atoms with Crippen LogP contribution in [0, 0.1) is 5.92 Å². The SMILES string of the molecule is COc1cc2cc(c1Cl)N(C)C(=O)C[C@H](OC(=O)[C@H](C)N(C)C(=O)CCC(=O)N(CCOCCOCCC(=O)O)C1CCNCC1)C1(C)OC1[C@H](C)[C@@H]1C[C@@](O)(NC(=O)O1)[C@H](OC)C=CC=C(C)C2. The van der Waals surface area contributed by atoms with Crippen molar-refractivity contribution in [2.75, 3.05) is 79.3 Å². The van der Waals surface area contributed by atoms with Crippen LogP contribution in [0.4, 0.5) is 10.5 Å². The third kappa shape index (κ3) is 14.4. The maximum absolute atomic E-state index is 14.4. The molecule has 384 valence electrons. The first-order valence-electron chi connectivity index (χ1n) is 23.4. The van der Waals surface area contributed by atoms with Gasteiger partial charge in [-0.15, -0.1) is 0 Å². The molecule has 0 radical (unpaired) electrons. The fourth-order valence-corrected chi connectivity index (χ4v) is 9.34. The van der Waals surface area contributed by atoms with Crippen LogP contribution in [0.5, 0.6) is 5.75 Å². The minimum atomic E-state index is -1.88. The molecule has 4 heterocycles. The number of anilines is 1. The molecule has 4 aliphatic heterocycles. The number of carbonyl (C=O) groups excluding carboxylic acids is 5. The van der Waals surface area contributed by atoms with Crippen molar-refractivity contribution < 1.29 is 72.1 Å². The van der Waals surface area contributed by atoms with Crippen LogP contribution in [0.1, 0.15) is 78.2 Å². The Morgan fingerprint density at radius 1 is 1.03 bits per heavy atom. The van der Waals surface area contributed by atoms with Crippen LogP contribution in [0.15, 0.2) is 35.9 Å². The fraction of sp³-hybridized carbons (Fsp3) is 0.667. The number of aliphatic hydroxyl groups is 1. The fourth-order valence-electron chi connectivity index (χ4n) is 9.03. The van der Waals surface area contributed by atoms with E-state index in [0.717, 1.165) is 37.1 Å². The number of carboxylic acids is 1. The number of amides is 4. The predicted molar refractivity (Wildman–Crippen MR) is 252 cm³/mol. The minimum absolute atomic E-state index is 0.0571. The Morgan fingerprint density at radius 3 is 2.38 bits per heavy atom. The van der Waals surface area contributed by atoms with Gasteiger partial charge in [-0.1, -0.05) is 42.3 Å². The number of carboxylic acid groups (broad SMARTS) is 1. The lowest BCUT2D eigenvalue weighted by Crippen LogP contribution is -2.63. The van der Waals surface area contributed by atoms with Crippen molar-refractivity contribution in [2.45, 2.75) is 127 Å². The quantitative estimate of drug-likeness (QED) is 0.0936. The number of rotatable bonds is 18. The lowest BCUT2D eigenvalue weighted by molar-refractivity contribution is -0.162. The van der Waals surface area contributed by atoms with Gasteiger partial charge >= 0.3 is 18.0 Å². The highest BCUT2D eigenvalue weighted by Crippen LogP contribution is 2.49. The highest BCUT2D eigenvalue weighted by molar-refractivity contribution is 6.35. The van der Waals surface area contributed by atoms with Crippen molar-refractivity contribution in [3.63, 3.8) is 0 Å². The van der Waals surface area contributed by atoms with Gasteiger partial charge < -0.3 is 63.4 Å². The zero-order valence-corrected chi connectivity index (χ0v) is 41.7. The summed E-state index contributed by atoms with van der Waals surface area (Å²) in [6.07, 6.45) is 1.44. The Hall–Kier alpha value is -4.83. The van der Waals surface area contributed by atoms with Gasteiger partial charge in [0.1, 0.15) is 40.7 Å². The Labute approximate surface area is 408 Å². The zero-order valence-electron chi connectivity index (χ0n) is 41.0. The van der Waals surface area contributed by atoms with E-state index in [0.29, 0.717) is 17.9 Å². The molecular formula is C48H70ClN5O15. The number of esters is 1. The van der Waals surface area contributed by atoms with Gasteiger partial charge in [0.2, 0.25) is 17.7 Å². The van der Waals surface area contributed by atoms with Crippen LogP contribution in [0.3, 0.4) is 0 Å². The number of nitrogens with zero attached hydrogens (tertiary/aromatic N) is 3. The maximum atomic E-state index is 14.4. The molecular weight excluding hydrogens is 922 g/mol. The summed E-state index contributed by atoms with van der Waals surface area (Å²) in [6.45, 7) is 9.33. The first kappa shape index (κ1) is 55.1. The molecule has 8 atom stereocenters. The van der Waals surface area contributed by atoms with Gasteiger partial charge in [0.15, 0.2) is 5.72 Å². The molecule has 0 aromatic heterocycles. The Kier molecular flexibility index (Phi) is 19.8. The second-order valence-electron chi connectivity index (χ2n) is 18.3. The third-order valence-corrected chi connectivity index (χ3v) is 13.8. The number of ether oxygens (including phenoxy) is 7. The van der Waals surface area contributed by atoms with Crippen molar-refractivity contribution in [2.24, 2.45) is 5.92 Å². The molecule has 4 aliphatic rings. The summed E-state index contributed by atoms with van der Waals surface area (Å²) in [6, 6.07) is 2.33. The molecule has 4 N–H and O–H groups in total. The van der Waals surface area contributed by atoms with E-state index in [9.17, 15) is 33.9 Å². The van der Waals surface area contributed by atoms with E-state index in [-0.39, 0.29) is 82.0 Å². The van der Waals surface area contributed by atoms with E-state index < -0.39 is 77.5 Å². The standard InChI is InChI=1S/C48H70ClN5O15/c1-29-10-9-11-37(64-8)48(62)28-36(67-46(61)51-48)30(2)44-47(4,69-44)38(27-41(57)53(6)34-25-32(24-29)26-35(63-7)43(34)49)68-45(60)31(3)52(5)39(55)12-13-40(56)54(33-14-17-50-18-15-33)19-21-66-23-22-65-20-16-42(58)59/h9-11,25-26,30-31,33,36-38,44,50,62H,12-24,27-28H2,1-8H3,(H,51,61)(H,58,59)/t30-,31+,36+,37-,38+,44?,47?,48+/m1/s1. The number of hydrogen-bond donors (Lipinski definition) is 4. The second kappa shape index (κ2) is 24.8. The highest BCUT2D eigenvalue weighted by Gasteiger charge is 2.64. The summed E-state index contributed by atoms with van der Waals surface area (Å²) in [7, 11) is 5.87. The van der Waals surface area contributed by atoms with E-state index in [1.165, 1.54) is 38.0 Å². The number of halogens is 1. The number of epoxide rings is 1. The molecule has 20 nitrogen and oxygen atoms in total. The Balaban J connectivity index is 1.33. The van der Waals surface area contributed by atoms with Crippen LogP contribution in [-0.4, -0.2) is 178 Å². The third-order valence-electron chi connectivity index (χ3n) is 13.5. The second-order valence-corrected chi connectivity index (χ2v) is 18.7. The molecule has 1 aromatic rings. The highest BCUT2D eigenvalue weighted by atomic mass is 35.5. The smallest absolute Gasteiger partial charge is 0.409 e. The molecule has 0 spiro atoms. The Morgan fingerprint density at radius 2 is 1.71 bits per heavy atom. The molecule has 3 saturated heterocycles. The predicted octanol–water partition coefficient (Wildman–Crippen LogP) is 3.38. The van der Waals surface area contributed by atoms with Crippen LogP contribution in [0.25, 0.3) is 0 Å². The average Bonchev–Trinajstić information content (AvgIpc) is 4.02. The van der Waals surface area contributed by atoms with Crippen molar-refractivity contribution in [1.82, 2.24) is 20.4 Å². The van der Waals surface area contributed by atoms with Crippen LogP contribution < -0.4 is 20.3 Å². The first-order chi connectivity index (χ1) is 32.7. The van der Waals surface area contributed by atoms with E-state index in [2.05, 4.69) is 10.6 Å². The van der Waals surface area contributed by atoms with Gasteiger partial charge in [-0.2, -0.15) is 0 Å². The van der Waals surface area contributed by atoms with E-state index >= 15 is 0 Å². The number of hydrogen-bond acceptors (Lipinski definition) is 15. The van der Waals surface area contributed by atoms with E-state index in [4.69, 9.17) is 49.9 Å². The number of likely N-dealkylation sites (N-methyl/N-ethyl adjacent to an activating group) is 1. The van der Waals surface area contributed by atoms with Crippen molar-refractivity contribution in [3.05, 3.63) is 46.5 Å². The summed E-state index contributed by atoms with van der Waals surface area (Å²) < 4.78 is 40.4. The molecule has 0 saturated carbocycles. The van der Waals surface area contributed by atoms with Crippen LogP contribution in [-0.2, 0) is 58.8 Å². The molecule has 4 amide bonds. The lowest BCUT2D eigenvalue weighted by atomic mass is 9.83. The summed E-state index contributed by atoms with van der Waals surface area (Å²) in [5, 5.41) is 26.6. The monoisotopic (exact) mass is 991 g/mol. The Bertz CT molecular complexity index is 2070. The van der Waals surface area contributed by atoms with E-state index in [1.54, 1.807) is 50.1 Å². The summed E-state index contributed by atoms with van der Waals surface area (Å²) >= 11 is 6.82. The van der Waals surface area contributed by atoms with Gasteiger partial charge in [0, 0.05) is 59.0 Å². The van der Waals surface area contributed by atoms with Gasteiger partial charge in [-0.3, -0.25) is 24.5 Å². The summed E-state index contributed by atoms with van der Waals surface area (Å²) in [5.41, 5.74) is -1.17. The summed E-state index contributed by atoms with van der Waals surface area (Å²) in [5.74, 6) is -3.26. The average molecular weight is 993 g/mol. The van der Waals surface area contributed by atoms with E-state index in [1.807, 2.05) is 13.0 Å². The van der Waals surface area contributed by atoms with Gasteiger partial charge in [0.05, 0.1) is 58.2 Å². The molecule has 21 heteroatoms. The number of piperidine rings is 1. The molecule has 5 rings (SSSR count).